The molecule has 6 nitrogen and oxygen atoms in total. The Bertz CT molecular complexity index is 230. The van der Waals surface area contributed by atoms with Gasteiger partial charge in [0.05, 0.1) is 5.75 Å². The van der Waals surface area contributed by atoms with Crippen LogP contribution in [-0.4, -0.2) is 20.7 Å². The lowest BCUT2D eigenvalue weighted by molar-refractivity contribution is 0.425. The maximum atomic E-state index is 11.2. The van der Waals surface area contributed by atoms with E-state index < -0.39 is 15.8 Å². The second-order valence-electron chi connectivity index (χ2n) is 1.35. The van der Waals surface area contributed by atoms with Crippen LogP contribution in [0.15, 0.2) is 5.11 Å². The minimum atomic E-state index is -3.87. The van der Waals surface area contributed by atoms with Gasteiger partial charge in [-0.05, 0) is 5.53 Å². The van der Waals surface area contributed by atoms with Crippen molar-refractivity contribution in [3.8, 4) is 0 Å². The van der Waals surface area contributed by atoms with E-state index in [4.69, 9.17) is 5.53 Å². The van der Waals surface area contributed by atoms with E-state index in [0.29, 0.717) is 4.94 Å². The Balaban J connectivity index is 3.80. The Morgan fingerprint density at radius 2 is 2.30 bits per heavy atom. The second kappa shape index (κ2) is 4.04. The molecule has 0 heterocycles. The van der Waals surface area contributed by atoms with Crippen LogP contribution in [0, 0.1) is 0 Å². The van der Waals surface area contributed by atoms with Crippen molar-refractivity contribution in [2.75, 3.05) is 12.3 Å². The van der Waals surface area contributed by atoms with E-state index in [9.17, 15) is 12.9 Å². The highest BCUT2D eigenvalue weighted by Gasteiger charge is 2.06. The van der Waals surface area contributed by atoms with Crippen molar-refractivity contribution >= 4 is 10.0 Å². The van der Waals surface area contributed by atoms with Crippen molar-refractivity contribution < 1.29 is 12.9 Å². The fourth-order valence-electron chi connectivity index (χ4n) is 0.244. The summed E-state index contributed by atoms with van der Waals surface area (Å²) < 4.78 is 31.6. The third-order valence-corrected chi connectivity index (χ3v) is 1.60. The highest BCUT2D eigenvalue weighted by atomic mass is 32.2. The molecule has 8 heteroatoms. The highest BCUT2D eigenvalue weighted by Crippen LogP contribution is 1.83. The van der Waals surface area contributed by atoms with Crippen LogP contribution in [0.2, 0.25) is 0 Å². The zero-order valence-electron chi connectivity index (χ0n) is 4.86. The van der Waals surface area contributed by atoms with Gasteiger partial charge in [-0.2, -0.15) is 0 Å². The molecule has 0 saturated heterocycles. The monoisotopic (exact) mass is 168 g/mol. The minimum absolute atomic E-state index is 0.268. The van der Waals surface area contributed by atoms with E-state index in [2.05, 4.69) is 10.0 Å². The van der Waals surface area contributed by atoms with Crippen LogP contribution in [0.1, 0.15) is 0 Å². The van der Waals surface area contributed by atoms with Crippen LogP contribution in [0.3, 0.4) is 0 Å². The summed E-state index contributed by atoms with van der Waals surface area (Å²) in [4.78, 5) is 2.87. The lowest BCUT2D eigenvalue weighted by atomic mass is 10.8. The molecule has 0 aromatic rings. The molecule has 0 saturated carbocycles. The Morgan fingerprint density at radius 1 is 1.70 bits per heavy atom. The van der Waals surface area contributed by atoms with Crippen LogP contribution in [0.25, 0.3) is 10.4 Å². The van der Waals surface area contributed by atoms with Crippen LogP contribution >= 0.6 is 0 Å². The average Bonchev–Trinajstić information content (AvgIpc) is 1.89. The normalized spacial score (nSPS) is 10.5. The lowest BCUT2D eigenvalue weighted by Gasteiger charge is -1.92. The topological polar surface area (TPSA) is 94.9 Å². The van der Waals surface area contributed by atoms with Gasteiger partial charge in [0.2, 0.25) is 10.0 Å². The van der Waals surface area contributed by atoms with Crippen LogP contribution in [-0.2, 0) is 10.0 Å². The number of azide groups is 1. The molecule has 0 bridgehead atoms. The molecule has 0 spiro atoms. The summed E-state index contributed by atoms with van der Waals surface area (Å²) >= 11 is 0. The molecule has 0 amide bonds. The summed E-state index contributed by atoms with van der Waals surface area (Å²) in [6.07, 6.45) is 0. The first-order chi connectivity index (χ1) is 4.62. The van der Waals surface area contributed by atoms with E-state index in [1.165, 1.54) is 0 Å². The third-order valence-electron chi connectivity index (χ3n) is 0.641. The number of hydrogen-bond donors (Lipinski definition) is 1. The van der Waals surface area contributed by atoms with Crippen molar-refractivity contribution in [2.24, 2.45) is 5.11 Å². The molecule has 10 heavy (non-hydrogen) atoms. The molecule has 0 fully saturated rings. The minimum Gasteiger partial charge on any atom is -0.210 e. The number of nitrogens with zero attached hydrogens (tertiary/aromatic N) is 3. The summed E-state index contributed by atoms with van der Waals surface area (Å²) in [6.45, 7) is -0.268. The Morgan fingerprint density at radius 3 is 2.70 bits per heavy atom. The number of nitrogens with one attached hydrogen (secondary N) is 1. The molecule has 0 aromatic heterocycles. The summed E-state index contributed by atoms with van der Waals surface area (Å²) in [5.41, 5.74) is 7.69. The fourth-order valence-corrected chi connectivity index (χ4v) is 0.643. The van der Waals surface area contributed by atoms with Crippen LogP contribution < -0.4 is 4.94 Å². The molecule has 0 radical (unpaired) electrons. The van der Waals surface area contributed by atoms with Crippen molar-refractivity contribution in [1.29, 1.82) is 0 Å². The van der Waals surface area contributed by atoms with Crippen LogP contribution in [0.5, 0.6) is 0 Å². The van der Waals surface area contributed by atoms with Gasteiger partial charge in [0.15, 0.2) is 0 Å². The molecule has 58 valence electrons. The van der Waals surface area contributed by atoms with Crippen molar-refractivity contribution in [1.82, 2.24) is 4.94 Å². The first-order valence-corrected chi connectivity index (χ1v) is 3.88. The maximum absolute atomic E-state index is 11.2. The van der Waals surface area contributed by atoms with Gasteiger partial charge >= 0.3 is 0 Å². The molecule has 0 rings (SSSR count). The summed E-state index contributed by atoms with van der Waals surface area (Å²) in [5.74, 6) is -0.534. The largest absolute Gasteiger partial charge is 0.237 e. The van der Waals surface area contributed by atoms with Gasteiger partial charge in [-0.15, -0.1) is 4.48 Å². The number of halogens is 1. The number of rotatable bonds is 4. The lowest BCUT2D eigenvalue weighted by Crippen LogP contribution is -2.19. The van der Waals surface area contributed by atoms with E-state index in [1.54, 1.807) is 0 Å². The number of hydrogen-bond acceptors (Lipinski definition) is 3. The smallest absolute Gasteiger partial charge is 0.210 e. The molecular weight excluding hydrogens is 163 g/mol. The Hall–Kier alpha value is -0.850. The molecule has 1 N–H and O–H groups in total. The Labute approximate surface area is 56.6 Å². The van der Waals surface area contributed by atoms with E-state index in [-0.39, 0.29) is 6.54 Å². The molecule has 0 atom stereocenters. The molecule has 0 unspecified atom stereocenters. The van der Waals surface area contributed by atoms with E-state index in [0.717, 1.165) is 0 Å². The molecule has 0 aromatic carbocycles. The average molecular weight is 168 g/mol. The summed E-state index contributed by atoms with van der Waals surface area (Å²) in [5, 5.41) is 2.90. The first-order valence-electron chi connectivity index (χ1n) is 2.23. The second-order valence-corrected chi connectivity index (χ2v) is 3.14. The SMILES string of the molecule is [N-]=[N+]=NCCS(=O)(=O)NF. The predicted octanol–water partition coefficient (Wildman–Crippen LogP) is 0.101. The van der Waals surface area contributed by atoms with Gasteiger partial charge < -0.3 is 0 Å². The van der Waals surface area contributed by atoms with Crippen molar-refractivity contribution in [2.45, 2.75) is 0 Å². The molecule has 0 aliphatic rings. The number of sulfonamides is 1. The van der Waals surface area contributed by atoms with Gasteiger partial charge in [-0.25, -0.2) is 8.42 Å². The molecule has 0 aliphatic carbocycles. The first kappa shape index (κ1) is 9.15. The third kappa shape index (κ3) is 4.07. The van der Waals surface area contributed by atoms with Gasteiger partial charge in [0.1, 0.15) is 0 Å². The van der Waals surface area contributed by atoms with Crippen LogP contribution in [0.4, 0.5) is 4.48 Å². The zero-order chi connectivity index (χ0) is 8.04. The van der Waals surface area contributed by atoms with Crippen molar-refractivity contribution in [3.63, 3.8) is 0 Å². The molecule has 0 aliphatic heterocycles. The van der Waals surface area contributed by atoms with Gasteiger partial charge in [-0.1, -0.05) is 10.1 Å². The Kier molecular flexibility index (Phi) is 3.70. The summed E-state index contributed by atoms with van der Waals surface area (Å²) in [7, 11) is -3.87. The maximum Gasteiger partial charge on any atom is 0.237 e. The quantitative estimate of drug-likeness (QED) is 0.279. The van der Waals surface area contributed by atoms with Gasteiger partial charge in [-0.3, -0.25) is 0 Å². The molecular formula is C2H5FN4O2S. The van der Waals surface area contributed by atoms with Gasteiger partial charge in [0.25, 0.3) is 0 Å². The van der Waals surface area contributed by atoms with Gasteiger partial charge in [0, 0.05) is 11.5 Å². The standard InChI is InChI=1S/C2H5FN4O2S/c3-6-10(8,9)2-1-5-7-4/h6H,1-2H2. The fraction of sp³-hybridized carbons (Fsp3) is 1.00. The van der Waals surface area contributed by atoms with E-state index >= 15 is 0 Å². The summed E-state index contributed by atoms with van der Waals surface area (Å²) in [6, 6.07) is 0. The highest BCUT2D eigenvalue weighted by molar-refractivity contribution is 7.89. The predicted molar refractivity (Wildman–Crippen MR) is 32.0 cm³/mol. The van der Waals surface area contributed by atoms with E-state index in [1.807, 2.05) is 0 Å². The zero-order valence-corrected chi connectivity index (χ0v) is 5.68. The van der Waals surface area contributed by atoms with Crippen molar-refractivity contribution in [3.05, 3.63) is 10.4 Å².